The summed E-state index contributed by atoms with van der Waals surface area (Å²) in [5.41, 5.74) is 0. The van der Waals surface area contributed by atoms with Gasteiger partial charge in [-0.05, 0) is 83.5 Å². The maximum absolute atomic E-state index is 12.8. The number of unbranched alkanes of at least 4 members (excludes halogenated alkanes) is 26. The van der Waals surface area contributed by atoms with Crippen LogP contribution in [0.25, 0.3) is 0 Å². The molecule has 0 aromatic rings. The van der Waals surface area contributed by atoms with Crippen LogP contribution in [0.4, 0.5) is 0 Å². The fraction of sp³-hybridized carbons (Fsp3) is 0.694. The Hall–Kier alpha value is -3.67. The van der Waals surface area contributed by atoms with E-state index >= 15 is 0 Å². The third kappa shape index (κ3) is 53.3. The molecule has 0 aliphatic heterocycles. The zero-order valence-electron chi connectivity index (χ0n) is 44.3. The molecule has 0 heterocycles. The van der Waals surface area contributed by atoms with Crippen molar-refractivity contribution >= 4 is 17.9 Å². The van der Waals surface area contributed by atoms with Gasteiger partial charge in [-0.25, -0.2) is 0 Å². The number of hydrogen-bond donors (Lipinski definition) is 0. The van der Waals surface area contributed by atoms with Crippen LogP contribution in [0.1, 0.15) is 258 Å². The van der Waals surface area contributed by atoms with Crippen LogP contribution in [0.5, 0.6) is 0 Å². The van der Waals surface area contributed by atoms with E-state index in [4.69, 9.17) is 14.2 Å². The van der Waals surface area contributed by atoms with Gasteiger partial charge in [0.1, 0.15) is 13.2 Å². The smallest absolute Gasteiger partial charge is 0.306 e. The minimum absolute atomic E-state index is 0.106. The van der Waals surface area contributed by atoms with Gasteiger partial charge in [0.15, 0.2) is 6.10 Å². The Balaban J connectivity index is 4.52. The predicted octanol–water partition coefficient (Wildman–Crippen LogP) is 18.9. The number of allylic oxidation sites excluding steroid dienone is 16. The molecule has 1 atom stereocenters. The average molecular weight is 946 g/mol. The van der Waals surface area contributed by atoms with E-state index < -0.39 is 6.10 Å². The molecule has 0 fully saturated rings. The lowest BCUT2D eigenvalue weighted by molar-refractivity contribution is -0.167. The normalized spacial score (nSPS) is 12.8. The Bertz CT molecular complexity index is 1360. The molecule has 0 bridgehead atoms. The maximum atomic E-state index is 12.8. The first-order valence-corrected chi connectivity index (χ1v) is 28.3. The topological polar surface area (TPSA) is 78.9 Å². The van der Waals surface area contributed by atoms with E-state index in [-0.39, 0.29) is 37.5 Å². The third-order valence-corrected chi connectivity index (χ3v) is 11.9. The van der Waals surface area contributed by atoms with Crippen LogP contribution < -0.4 is 0 Å². The molecule has 0 aliphatic carbocycles. The maximum Gasteiger partial charge on any atom is 0.306 e. The van der Waals surface area contributed by atoms with E-state index in [0.29, 0.717) is 19.3 Å². The molecule has 0 aliphatic rings. The van der Waals surface area contributed by atoms with Gasteiger partial charge in [0, 0.05) is 19.3 Å². The summed E-state index contributed by atoms with van der Waals surface area (Å²) in [5, 5.41) is 0. The van der Waals surface area contributed by atoms with Crippen LogP contribution in [-0.2, 0) is 28.6 Å². The summed E-state index contributed by atoms with van der Waals surface area (Å²) < 4.78 is 16.8. The van der Waals surface area contributed by atoms with Gasteiger partial charge in [-0.1, -0.05) is 253 Å². The molecule has 68 heavy (non-hydrogen) atoms. The molecule has 0 rings (SSSR count). The van der Waals surface area contributed by atoms with E-state index in [1.54, 1.807) is 0 Å². The van der Waals surface area contributed by atoms with Crippen LogP contribution in [0.15, 0.2) is 97.2 Å². The number of carbonyl (C=O) groups is 3. The number of hydrogen-bond acceptors (Lipinski definition) is 6. The minimum Gasteiger partial charge on any atom is -0.462 e. The van der Waals surface area contributed by atoms with Gasteiger partial charge in [-0.3, -0.25) is 14.4 Å². The summed E-state index contributed by atoms with van der Waals surface area (Å²) in [5.74, 6) is -0.983. The molecule has 6 nitrogen and oxygen atoms in total. The largest absolute Gasteiger partial charge is 0.462 e. The molecule has 0 saturated carbocycles. The highest BCUT2D eigenvalue weighted by Gasteiger charge is 2.19. The summed E-state index contributed by atoms with van der Waals surface area (Å²) in [7, 11) is 0. The zero-order chi connectivity index (χ0) is 49.3. The van der Waals surface area contributed by atoms with Crippen LogP contribution in [0.2, 0.25) is 0 Å². The first kappa shape index (κ1) is 64.3. The fourth-order valence-electron chi connectivity index (χ4n) is 7.62. The lowest BCUT2D eigenvalue weighted by atomic mass is 10.0. The van der Waals surface area contributed by atoms with Crippen molar-refractivity contribution in [1.82, 2.24) is 0 Å². The summed E-state index contributed by atoms with van der Waals surface area (Å²) in [6.07, 6.45) is 73.9. The van der Waals surface area contributed by atoms with Crippen LogP contribution in [0.3, 0.4) is 0 Å². The van der Waals surface area contributed by atoms with Gasteiger partial charge >= 0.3 is 17.9 Å². The second-order valence-electron chi connectivity index (χ2n) is 18.6. The Morgan fingerprint density at radius 2 is 0.603 bits per heavy atom. The summed E-state index contributed by atoms with van der Waals surface area (Å²) in [6.45, 7) is 6.52. The fourth-order valence-corrected chi connectivity index (χ4v) is 7.62. The molecular weight excluding hydrogens is 841 g/mol. The molecule has 0 spiro atoms. The summed E-state index contributed by atoms with van der Waals surface area (Å²) in [4.78, 5) is 38.1. The predicted molar refractivity (Wildman–Crippen MR) is 293 cm³/mol. The molecule has 0 radical (unpaired) electrons. The molecule has 0 aromatic carbocycles. The monoisotopic (exact) mass is 945 g/mol. The number of carbonyl (C=O) groups excluding carboxylic acids is 3. The van der Waals surface area contributed by atoms with Crippen molar-refractivity contribution in [3.8, 4) is 0 Å². The molecule has 1 unspecified atom stereocenters. The van der Waals surface area contributed by atoms with Gasteiger partial charge in [0.05, 0.1) is 0 Å². The van der Waals surface area contributed by atoms with Crippen molar-refractivity contribution < 1.29 is 28.6 Å². The van der Waals surface area contributed by atoms with Gasteiger partial charge in [-0.15, -0.1) is 0 Å². The lowest BCUT2D eigenvalue weighted by Crippen LogP contribution is -2.30. The quantitative estimate of drug-likeness (QED) is 0.0199. The summed E-state index contributed by atoms with van der Waals surface area (Å²) >= 11 is 0. The highest BCUT2D eigenvalue weighted by atomic mass is 16.6. The van der Waals surface area contributed by atoms with Crippen LogP contribution >= 0.6 is 0 Å². The Labute approximate surface area is 419 Å². The van der Waals surface area contributed by atoms with Crippen molar-refractivity contribution in [3.63, 3.8) is 0 Å². The highest BCUT2D eigenvalue weighted by molar-refractivity contribution is 5.71. The van der Waals surface area contributed by atoms with Crippen LogP contribution in [0, 0.1) is 0 Å². The van der Waals surface area contributed by atoms with E-state index in [0.717, 1.165) is 89.9 Å². The van der Waals surface area contributed by atoms with E-state index in [1.807, 2.05) is 0 Å². The van der Waals surface area contributed by atoms with E-state index in [9.17, 15) is 14.4 Å². The van der Waals surface area contributed by atoms with Gasteiger partial charge in [0.25, 0.3) is 0 Å². The second-order valence-corrected chi connectivity index (χ2v) is 18.6. The lowest BCUT2D eigenvalue weighted by Gasteiger charge is -2.18. The van der Waals surface area contributed by atoms with Crippen molar-refractivity contribution in [2.24, 2.45) is 0 Å². The second kappa shape index (κ2) is 55.9. The highest BCUT2D eigenvalue weighted by Crippen LogP contribution is 2.15. The Kier molecular flexibility index (Phi) is 52.9. The van der Waals surface area contributed by atoms with E-state index in [1.165, 1.54) is 122 Å². The Morgan fingerprint density at radius 3 is 1.03 bits per heavy atom. The summed E-state index contributed by atoms with van der Waals surface area (Å²) in [6, 6.07) is 0. The zero-order valence-corrected chi connectivity index (χ0v) is 44.3. The number of esters is 3. The number of ether oxygens (including phenoxy) is 3. The van der Waals surface area contributed by atoms with Gasteiger partial charge < -0.3 is 14.2 Å². The SMILES string of the molecule is CCCCC\C=C/C=C\C=C/C=C\CCCCCCCC(=O)OCC(COC(=O)CCCCCCCCCCCCCCCCC)OC(=O)CCC/C=C\C/C=C\C/C=C\C/C=C\CCCCC. The van der Waals surface area contributed by atoms with Crippen molar-refractivity contribution in [2.45, 2.75) is 264 Å². The Morgan fingerprint density at radius 1 is 0.309 bits per heavy atom. The molecule has 0 amide bonds. The number of rotatable bonds is 50. The van der Waals surface area contributed by atoms with E-state index in [2.05, 4.69) is 118 Å². The van der Waals surface area contributed by atoms with Gasteiger partial charge in [0.2, 0.25) is 0 Å². The van der Waals surface area contributed by atoms with Crippen molar-refractivity contribution in [1.29, 1.82) is 0 Å². The molecule has 0 aromatic heterocycles. The first-order chi connectivity index (χ1) is 33.5. The van der Waals surface area contributed by atoms with Gasteiger partial charge in [-0.2, -0.15) is 0 Å². The first-order valence-electron chi connectivity index (χ1n) is 28.3. The molecule has 0 N–H and O–H groups in total. The standard InChI is InChI=1S/C62H104O6/c1-4-7-10-13-16-19-22-25-28-30-32-34-37-40-43-46-49-52-55-61(64)67-58-59(57-66-60(63)54-51-48-45-42-39-36-33-27-24-21-18-15-12-9-6-3)68-62(65)56-53-50-47-44-41-38-35-31-29-26-23-20-17-14-11-8-5-2/h16-17,19-20,22,25-26,28-30,32,34-35,38,44,47,59H,4-15,18,21,23-24,27,31,33,36-37,39-43,45-46,48-58H2,1-3H3/b19-16-,20-17-,25-22-,29-26-,30-28-,34-32-,38-35-,47-44-. The molecule has 6 heteroatoms. The van der Waals surface area contributed by atoms with Crippen molar-refractivity contribution in [2.75, 3.05) is 13.2 Å². The molecular formula is C62H104O6. The third-order valence-electron chi connectivity index (χ3n) is 11.9. The van der Waals surface area contributed by atoms with Crippen LogP contribution in [-0.4, -0.2) is 37.2 Å². The van der Waals surface area contributed by atoms with Crippen molar-refractivity contribution in [3.05, 3.63) is 97.2 Å². The molecule has 388 valence electrons. The minimum atomic E-state index is -0.816. The molecule has 0 saturated heterocycles. The average Bonchev–Trinajstić information content (AvgIpc) is 3.34.